The third-order valence-corrected chi connectivity index (χ3v) is 6.47. The molecule has 1 N–H and O–H groups in total. The van der Waals surface area contributed by atoms with Gasteiger partial charge in [0, 0.05) is 17.4 Å². The van der Waals surface area contributed by atoms with E-state index in [1.807, 2.05) is 25.3 Å². The van der Waals surface area contributed by atoms with Crippen LogP contribution >= 0.6 is 0 Å². The van der Waals surface area contributed by atoms with E-state index in [1.165, 1.54) is 12.1 Å². The minimum Gasteiger partial charge on any atom is -0.494 e. The van der Waals surface area contributed by atoms with Crippen LogP contribution in [0.1, 0.15) is 24.1 Å². The fraction of sp³-hybridized carbons (Fsp3) is 0.208. The molecule has 0 saturated heterocycles. The van der Waals surface area contributed by atoms with E-state index >= 15 is 0 Å². The van der Waals surface area contributed by atoms with E-state index in [1.54, 1.807) is 55.7 Å². The summed E-state index contributed by atoms with van der Waals surface area (Å²) < 4.78 is 41.0. The zero-order chi connectivity index (χ0) is 24.3. The van der Waals surface area contributed by atoms with E-state index in [-0.39, 0.29) is 4.90 Å². The van der Waals surface area contributed by atoms with E-state index in [4.69, 9.17) is 9.47 Å². The average molecular weight is 480 g/mol. The molecule has 0 amide bonds. The number of ether oxygens (including phenoxy) is 2. The number of nitrogens with zero attached hydrogens (tertiary/aromatic N) is 4. The Labute approximate surface area is 198 Å². The van der Waals surface area contributed by atoms with Crippen molar-refractivity contribution in [2.45, 2.75) is 32.6 Å². The van der Waals surface area contributed by atoms with E-state index < -0.39 is 10.0 Å². The molecule has 9 nitrogen and oxygen atoms in total. The van der Waals surface area contributed by atoms with Crippen LogP contribution in [0.3, 0.4) is 0 Å². The van der Waals surface area contributed by atoms with Crippen molar-refractivity contribution < 1.29 is 17.9 Å². The number of benzene rings is 2. The Hall–Kier alpha value is -3.92. The molecule has 0 radical (unpaired) electrons. The van der Waals surface area contributed by atoms with Gasteiger partial charge in [0.15, 0.2) is 0 Å². The number of hydrogen-bond acceptors (Lipinski definition) is 7. The molecule has 4 rings (SSSR count). The molecule has 0 saturated carbocycles. The highest BCUT2D eigenvalue weighted by molar-refractivity contribution is 7.92. The molecule has 0 spiro atoms. The zero-order valence-electron chi connectivity index (χ0n) is 19.3. The maximum atomic E-state index is 12.7. The van der Waals surface area contributed by atoms with Crippen LogP contribution in [-0.2, 0) is 10.0 Å². The third kappa shape index (κ3) is 5.18. The standard InChI is InChI=1S/C24H25N5O4S/c1-5-32-20-10-12-22(13-11-20)34(30,31)28-19-6-8-21(9-7-19)33-24-14-23(26-18(4)27-24)29-15-25-16(2)17(29)3/h6-15,28H,5H2,1-4H3. The fourth-order valence-corrected chi connectivity index (χ4v) is 4.30. The van der Waals surface area contributed by atoms with Crippen molar-refractivity contribution in [3.05, 3.63) is 78.1 Å². The van der Waals surface area contributed by atoms with Gasteiger partial charge in [-0.25, -0.2) is 18.4 Å². The van der Waals surface area contributed by atoms with Crippen LogP contribution in [0, 0.1) is 20.8 Å². The van der Waals surface area contributed by atoms with Crippen molar-refractivity contribution in [2.75, 3.05) is 11.3 Å². The van der Waals surface area contributed by atoms with Gasteiger partial charge in [-0.15, -0.1) is 0 Å². The quantitative estimate of drug-likeness (QED) is 0.394. The minimum atomic E-state index is -3.74. The van der Waals surface area contributed by atoms with Gasteiger partial charge < -0.3 is 9.47 Å². The first-order valence-corrected chi connectivity index (χ1v) is 12.1. The van der Waals surface area contributed by atoms with Crippen molar-refractivity contribution in [1.82, 2.24) is 19.5 Å². The third-order valence-electron chi connectivity index (χ3n) is 5.07. The van der Waals surface area contributed by atoms with Gasteiger partial charge in [0.25, 0.3) is 10.0 Å². The molecule has 0 aliphatic heterocycles. The van der Waals surface area contributed by atoms with Gasteiger partial charge in [-0.3, -0.25) is 9.29 Å². The summed E-state index contributed by atoms with van der Waals surface area (Å²) in [4.78, 5) is 13.3. The molecule has 2 aromatic carbocycles. The first kappa shape index (κ1) is 23.2. The Balaban J connectivity index is 1.48. The number of hydrogen-bond donors (Lipinski definition) is 1. The van der Waals surface area contributed by atoms with E-state index in [0.717, 1.165) is 11.4 Å². The van der Waals surface area contributed by atoms with Crippen molar-refractivity contribution in [2.24, 2.45) is 0 Å². The van der Waals surface area contributed by atoms with Crippen molar-refractivity contribution in [3.63, 3.8) is 0 Å². The maximum Gasteiger partial charge on any atom is 0.261 e. The van der Waals surface area contributed by atoms with Crippen molar-refractivity contribution in [1.29, 1.82) is 0 Å². The average Bonchev–Trinajstić information content (AvgIpc) is 3.13. The van der Waals surface area contributed by atoms with Crippen LogP contribution in [0.15, 0.2) is 65.8 Å². The van der Waals surface area contributed by atoms with E-state index in [9.17, 15) is 8.42 Å². The van der Waals surface area contributed by atoms with Gasteiger partial charge in [0.1, 0.15) is 29.5 Å². The molecule has 34 heavy (non-hydrogen) atoms. The van der Waals surface area contributed by atoms with Crippen LogP contribution in [0.5, 0.6) is 17.4 Å². The van der Waals surface area contributed by atoms with Crippen molar-refractivity contribution >= 4 is 15.7 Å². The predicted octanol–water partition coefficient (Wildman–Crippen LogP) is 4.58. The van der Waals surface area contributed by atoms with Gasteiger partial charge in [-0.1, -0.05) is 0 Å². The lowest BCUT2D eigenvalue weighted by Gasteiger charge is -2.11. The Morgan fingerprint density at radius 3 is 2.24 bits per heavy atom. The topological polar surface area (TPSA) is 108 Å². The number of imidazole rings is 1. The van der Waals surface area contributed by atoms with Crippen LogP contribution in [0.2, 0.25) is 0 Å². The predicted molar refractivity (Wildman–Crippen MR) is 128 cm³/mol. The second kappa shape index (κ2) is 9.52. The Bertz CT molecular complexity index is 1400. The van der Waals surface area contributed by atoms with Crippen LogP contribution in [-0.4, -0.2) is 34.5 Å². The Morgan fingerprint density at radius 2 is 1.62 bits per heavy atom. The van der Waals surface area contributed by atoms with Gasteiger partial charge >= 0.3 is 0 Å². The van der Waals surface area contributed by atoms with E-state index in [2.05, 4.69) is 19.7 Å². The maximum absolute atomic E-state index is 12.7. The monoisotopic (exact) mass is 479 g/mol. The molecule has 0 aliphatic carbocycles. The molecule has 2 aromatic heterocycles. The van der Waals surface area contributed by atoms with Crippen LogP contribution < -0.4 is 14.2 Å². The second-order valence-corrected chi connectivity index (χ2v) is 9.22. The second-order valence-electron chi connectivity index (χ2n) is 7.53. The number of anilines is 1. The lowest BCUT2D eigenvalue weighted by atomic mass is 10.3. The molecular weight excluding hydrogens is 454 g/mol. The number of rotatable bonds is 8. The first-order valence-electron chi connectivity index (χ1n) is 10.7. The molecule has 0 fully saturated rings. The highest BCUT2D eigenvalue weighted by Crippen LogP contribution is 2.25. The zero-order valence-corrected chi connectivity index (χ0v) is 20.1. The summed E-state index contributed by atoms with van der Waals surface area (Å²) in [6.45, 7) is 8.06. The number of nitrogens with one attached hydrogen (secondary N) is 1. The van der Waals surface area contributed by atoms with Crippen LogP contribution in [0.25, 0.3) is 5.82 Å². The molecule has 10 heteroatoms. The Morgan fingerprint density at radius 1 is 0.941 bits per heavy atom. The molecule has 0 atom stereocenters. The molecule has 2 heterocycles. The van der Waals surface area contributed by atoms with Gasteiger partial charge in [0.05, 0.1) is 17.2 Å². The van der Waals surface area contributed by atoms with Gasteiger partial charge in [0.2, 0.25) is 5.88 Å². The SMILES string of the molecule is CCOc1ccc(S(=O)(=O)Nc2ccc(Oc3cc(-n4cnc(C)c4C)nc(C)n3)cc2)cc1. The molecule has 176 valence electrons. The van der Waals surface area contributed by atoms with Crippen molar-refractivity contribution in [3.8, 4) is 23.2 Å². The molecule has 0 bridgehead atoms. The molecule has 4 aromatic rings. The smallest absolute Gasteiger partial charge is 0.261 e. The number of aryl methyl sites for hydroxylation is 2. The minimum absolute atomic E-state index is 0.144. The number of aromatic nitrogens is 4. The summed E-state index contributed by atoms with van der Waals surface area (Å²) >= 11 is 0. The Kier molecular flexibility index (Phi) is 6.51. The molecule has 0 unspecified atom stereocenters. The number of sulfonamides is 1. The van der Waals surface area contributed by atoms with Gasteiger partial charge in [-0.05, 0) is 76.2 Å². The van der Waals surface area contributed by atoms with E-state index in [0.29, 0.717) is 41.3 Å². The summed E-state index contributed by atoms with van der Waals surface area (Å²) in [7, 11) is -3.74. The highest BCUT2D eigenvalue weighted by atomic mass is 32.2. The fourth-order valence-electron chi connectivity index (χ4n) is 3.24. The largest absolute Gasteiger partial charge is 0.494 e. The first-order chi connectivity index (χ1) is 16.2. The summed E-state index contributed by atoms with van der Waals surface area (Å²) in [5.74, 6) is 2.70. The normalized spacial score (nSPS) is 11.3. The lowest BCUT2D eigenvalue weighted by Crippen LogP contribution is -2.12. The summed E-state index contributed by atoms with van der Waals surface area (Å²) in [6, 6.07) is 14.6. The summed E-state index contributed by atoms with van der Waals surface area (Å²) in [6.07, 6.45) is 1.71. The summed E-state index contributed by atoms with van der Waals surface area (Å²) in [5, 5.41) is 0. The van der Waals surface area contributed by atoms with Crippen LogP contribution in [0.4, 0.5) is 5.69 Å². The molecular formula is C24H25N5O4S. The van der Waals surface area contributed by atoms with Gasteiger partial charge in [-0.2, -0.15) is 4.98 Å². The highest BCUT2D eigenvalue weighted by Gasteiger charge is 2.15. The summed E-state index contributed by atoms with van der Waals surface area (Å²) in [5.41, 5.74) is 2.31. The lowest BCUT2D eigenvalue weighted by molar-refractivity contribution is 0.340. The molecule has 0 aliphatic rings.